The summed E-state index contributed by atoms with van der Waals surface area (Å²) in [7, 11) is -2.95. The lowest BCUT2D eigenvalue weighted by Gasteiger charge is -2.32. The first-order chi connectivity index (χ1) is 12.8. The quantitative estimate of drug-likeness (QED) is 0.688. The first kappa shape index (κ1) is 20.4. The predicted molar refractivity (Wildman–Crippen MR) is 113 cm³/mol. The molecular formula is C22H28ClNO2S. The highest BCUT2D eigenvalue weighted by Gasteiger charge is 2.20. The van der Waals surface area contributed by atoms with Crippen LogP contribution in [0.1, 0.15) is 48.3 Å². The van der Waals surface area contributed by atoms with Crippen LogP contribution in [0.5, 0.6) is 0 Å². The van der Waals surface area contributed by atoms with E-state index < -0.39 is 9.84 Å². The predicted octanol–water partition coefficient (Wildman–Crippen LogP) is 4.87. The Kier molecular flexibility index (Phi) is 6.61. The Bertz CT molecular complexity index is 839. The normalized spacial score (nSPS) is 17.7. The van der Waals surface area contributed by atoms with Gasteiger partial charge >= 0.3 is 0 Å². The third kappa shape index (κ3) is 6.06. The largest absolute Gasteiger partial charge is 0.299 e. The molecule has 1 aliphatic rings. The fraction of sp³-hybridized carbons (Fsp3) is 0.455. The van der Waals surface area contributed by atoms with Crippen LogP contribution in [0.2, 0.25) is 5.02 Å². The molecule has 0 unspecified atom stereocenters. The van der Waals surface area contributed by atoms with Crippen LogP contribution in [-0.2, 0) is 16.4 Å². The highest BCUT2D eigenvalue weighted by atomic mass is 35.5. The van der Waals surface area contributed by atoms with Crippen LogP contribution in [0.15, 0.2) is 48.5 Å². The van der Waals surface area contributed by atoms with E-state index in [1.165, 1.54) is 30.2 Å². The second-order valence-electron chi connectivity index (χ2n) is 7.84. The SMILES string of the molecule is C[C@@H](CS(C)(=O)=O)c1ccc(CN2CCC(c3ccc(Cl)cc3)CC2)cc1. The van der Waals surface area contributed by atoms with Crippen LogP contribution < -0.4 is 0 Å². The van der Waals surface area contributed by atoms with Crippen molar-refractivity contribution >= 4 is 21.4 Å². The van der Waals surface area contributed by atoms with Gasteiger partial charge in [-0.2, -0.15) is 0 Å². The Morgan fingerprint density at radius 1 is 1.04 bits per heavy atom. The Morgan fingerprint density at radius 2 is 1.63 bits per heavy atom. The molecule has 0 saturated carbocycles. The lowest BCUT2D eigenvalue weighted by atomic mass is 9.89. The second kappa shape index (κ2) is 8.76. The van der Waals surface area contributed by atoms with Crippen LogP contribution in [-0.4, -0.2) is 38.4 Å². The topological polar surface area (TPSA) is 37.4 Å². The molecule has 0 N–H and O–H groups in total. The van der Waals surface area contributed by atoms with Gasteiger partial charge in [-0.15, -0.1) is 0 Å². The lowest BCUT2D eigenvalue weighted by Crippen LogP contribution is -2.32. The number of benzene rings is 2. The highest BCUT2D eigenvalue weighted by molar-refractivity contribution is 7.90. The van der Waals surface area contributed by atoms with Gasteiger partial charge in [0.1, 0.15) is 9.84 Å². The summed E-state index contributed by atoms with van der Waals surface area (Å²) in [6.07, 6.45) is 3.64. The van der Waals surface area contributed by atoms with E-state index in [9.17, 15) is 8.42 Å². The molecule has 0 aliphatic carbocycles. The number of likely N-dealkylation sites (tertiary alicyclic amines) is 1. The molecule has 1 saturated heterocycles. The first-order valence-electron chi connectivity index (χ1n) is 9.54. The van der Waals surface area contributed by atoms with Crippen LogP contribution in [0.3, 0.4) is 0 Å². The summed E-state index contributed by atoms with van der Waals surface area (Å²) >= 11 is 5.99. The monoisotopic (exact) mass is 405 g/mol. The molecule has 2 aromatic carbocycles. The van der Waals surface area contributed by atoms with Crippen LogP contribution in [0, 0.1) is 0 Å². The Morgan fingerprint density at radius 3 is 2.19 bits per heavy atom. The molecule has 1 fully saturated rings. The van der Waals surface area contributed by atoms with E-state index in [0.29, 0.717) is 5.92 Å². The van der Waals surface area contributed by atoms with E-state index in [1.807, 2.05) is 19.1 Å². The second-order valence-corrected chi connectivity index (χ2v) is 10.5. The molecule has 0 radical (unpaired) electrons. The molecule has 0 aromatic heterocycles. The Labute approximate surface area is 168 Å². The van der Waals surface area contributed by atoms with Crippen molar-refractivity contribution in [3.05, 3.63) is 70.2 Å². The van der Waals surface area contributed by atoms with Gasteiger partial charge in [0.2, 0.25) is 0 Å². The molecule has 5 heteroatoms. The van der Waals surface area contributed by atoms with E-state index in [2.05, 4.69) is 41.3 Å². The fourth-order valence-electron chi connectivity index (χ4n) is 3.92. The van der Waals surface area contributed by atoms with Crippen molar-refractivity contribution in [2.75, 3.05) is 25.1 Å². The third-order valence-electron chi connectivity index (χ3n) is 5.44. The third-order valence-corrected chi connectivity index (χ3v) is 6.79. The average molecular weight is 406 g/mol. The maximum atomic E-state index is 11.5. The summed E-state index contributed by atoms with van der Waals surface area (Å²) in [6.45, 7) is 5.12. The maximum absolute atomic E-state index is 11.5. The molecule has 0 bridgehead atoms. The van der Waals surface area contributed by atoms with Gasteiger partial charge < -0.3 is 0 Å². The zero-order valence-electron chi connectivity index (χ0n) is 16.1. The van der Waals surface area contributed by atoms with E-state index in [0.717, 1.165) is 30.2 Å². The summed E-state index contributed by atoms with van der Waals surface area (Å²) in [5.41, 5.74) is 3.77. The maximum Gasteiger partial charge on any atom is 0.148 e. The smallest absolute Gasteiger partial charge is 0.148 e. The fourth-order valence-corrected chi connectivity index (χ4v) is 5.15. The Hall–Kier alpha value is -1.36. The molecule has 1 heterocycles. The molecule has 27 heavy (non-hydrogen) atoms. The van der Waals surface area contributed by atoms with E-state index in [-0.39, 0.29) is 11.7 Å². The number of piperidine rings is 1. The van der Waals surface area contributed by atoms with Crippen molar-refractivity contribution in [1.82, 2.24) is 4.90 Å². The van der Waals surface area contributed by atoms with Gasteiger partial charge in [-0.1, -0.05) is 54.9 Å². The van der Waals surface area contributed by atoms with Crippen molar-refractivity contribution in [3.8, 4) is 0 Å². The standard InChI is InChI=1S/C22H28ClNO2S/c1-17(16-27(2,25)26)19-5-3-18(4-6-19)15-24-13-11-21(12-14-24)20-7-9-22(23)10-8-20/h3-10,17,21H,11-16H2,1-2H3/t17-/m0/s1. The van der Waals surface area contributed by atoms with Gasteiger partial charge in [-0.25, -0.2) is 8.42 Å². The van der Waals surface area contributed by atoms with Crippen LogP contribution >= 0.6 is 11.6 Å². The Balaban J connectivity index is 1.52. The number of sulfone groups is 1. The first-order valence-corrected chi connectivity index (χ1v) is 12.0. The van der Waals surface area contributed by atoms with Gasteiger partial charge in [0.25, 0.3) is 0 Å². The summed E-state index contributed by atoms with van der Waals surface area (Å²) < 4.78 is 23.0. The molecule has 0 spiro atoms. The lowest BCUT2D eigenvalue weighted by molar-refractivity contribution is 0.204. The minimum Gasteiger partial charge on any atom is -0.299 e. The summed E-state index contributed by atoms with van der Waals surface area (Å²) in [5.74, 6) is 0.854. The molecule has 146 valence electrons. The van der Waals surface area contributed by atoms with Gasteiger partial charge in [-0.3, -0.25) is 4.90 Å². The number of rotatable bonds is 6. The zero-order chi connectivity index (χ0) is 19.4. The number of hydrogen-bond donors (Lipinski definition) is 0. The molecule has 0 amide bonds. The van der Waals surface area contributed by atoms with Gasteiger partial charge in [-0.05, 0) is 66.6 Å². The van der Waals surface area contributed by atoms with Crippen LogP contribution in [0.4, 0.5) is 0 Å². The molecule has 1 aliphatic heterocycles. The zero-order valence-corrected chi connectivity index (χ0v) is 17.6. The van der Waals surface area contributed by atoms with Crippen molar-refractivity contribution < 1.29 is 8.42 Å². The van der Waals surface area contributed by atoms with Crippen LogP contribution in [0.25, 0.3) is 0 Å². The molecule has 1 atom stereocenters. The van der Waals surface area contributed by atoms with Gasteiger partial charge in [0, 0.05) is 17.8 Å². The molecular weight excluding hydrogens is 378 g/mol. The van der Waals surface area contributed by atoms with Crippen molar-refractivity contribution in [1.29, 1.82) is 0 Å². The highest BCUT2D eigenvalue weighted by Crippen LogP contribution is 2.29. The summed E-state index contributed by atoms with van der Waals surface area (Å²) in [4.78, 5) is 2.50. The molecule has 3 rings (SSSR count). The average Bonchev–Trinajstić information content (AvgIpc) is 2.62. The summed E-state index contributed by atoms with van der Waals surface area (Å²) in [5, 5.41) is 0.797. The van der Waals surface area contributed by atoms with Crippen molar-refractivity contribution in [2.45, 2.75) is 38.1 Å². The van der Waals surface area contributed by atoms with Gasteiger partial charge in [0.15, 0.2) is 0 Å². The minimum absolute atomic E-state index is 0.0316. The number of hydrogen-bond acceptors (Lipinski definition) is 3. The van der Waals surface area contributed by atoms with Crippen molar-refractivity contribution in [2.24, 2.45) is 0 Å². The number of halogens is 1. The van der Waals surface area contributed by atoms with E-state index in [1.54, 1.807) is 0 Å². The molecule has 2 aromatic rings. The van der Waals surface area contributed by atoms with Gasteiger partial charge in [0.05, 0.1) is 5.75 Å². The minimum atomic E-state index is -2.95. The summed E-state index contributed by atoms with van der Waals surface area (Å²) in [6, 6.07) is 16.7. The van der Waals surface area contributed by atoms with Crippen molar-refractivity contribution in [3.63, 3.8) is 0 Å². The van der Waals surface area contributed by atoms with E-state index >= 15 is 0 Å². The van der Waals surface area contributed by atoms with E-state index in [4.69, 9.17) is 11.6 Å². The molecule has 3 nitrogen and oxygen atoms in total. The number of nitrogens with zero attached hydrogens (tertiary/aromatic N) is 1.